The van der Waals surface area contributed by atoms with Crippen molar-refractivity contribution in [1.82, 2.24) is 9.78 Å². The van der Waals surface area contributed by atoms with E-state index in [0.29, 0.717) is 5.92 Å². The summed E-state index contributed by atoms with van der Waals surface area (Å²) in [5.74, 6) is 0.468. The van der Waals surface area contributed by atoms with Crippen LogP contribution in [0.1, 0.15) is 61.8 Å². The van der Waals surface area contributed by atoms with Gasteiger partial charge in [0.15, 0.2) is 0 Å². The quantitative estimate of drug-likeness (QED) is 0.533. The number of fused-ring (bicyclic) bond motifs is 2. The summed E-state index contributed by atoms with van der Waals surface area (Å²) < 4.78 is 8.75. The number of benzene rings is 2. The van der Waals surface area contributed by atoms with Gasteiger partial charge in [-0.05, 0) is 79.8 Å². The zero-order valence-corrected chi connectivity index (χ0v) is 21.0. The fourth-order valence-corrected chi connectivity index (χ4v) is 6.45. The zero-order chi connectivity index (χ0) is 24.3. The lowest BCUT2D eigenvalue weighted by Crippen LogP contribution is -2.49. The van der Waals surface area contributed by atoms with E-state index in [4.69, 9.17) is 4.74 Å². The van der Waals surface area contributed by atoms with E-state index < -0.39 is 5.97 Å². The number of piperidine rings is 1. The molecule has 0 unspecified atom stereocenters. The lowest BCUT2D eigenvalue weighted by molar-refractivity contribution is -0.142. The fraction of sp³-hybridized carbons (Fsp3) is 0.517. The van der Waals surface area contributed by atoms with Crippen molar-refractivity contribution in [2.24, 2.45) is 18.9 Å². The predicted octanol–water partition coefficient (Wildman–Crippen LogP) is 5.46. The van der Waals surface area contributed by atoms with Crippen LogP contribution in [0.4, 0.5) is 5.69 Å². The Morgan fingerprint density at radius 1 is 1.14 bits per heavy atom. The maximum Gasteiger partial charge on any atom is 0.306 e. The Balaban J connectivity index is 1.20. The van der Waals surface area contributed by atoms with E-state index in [9.17, 15) is 9.90 Å². The first-order valence-electron chi connectivity index (χ1n) is 13.1. The number of carbonyl (C=O) groups is 1. The number of ether oxygens (including phenoxy) is 1. The summed E-state index contributed by atoms with van der Waals surface area (Å²) >= 11 is 0. The molecule has 1 aliphatic carbocycles. The maximum absolute atomic E-state index is 11.8. The number of hydrogen-bond donors (Lipinski definition) is 1. The molecule has 3 aliphatic rings. The summed E-state index contributed by atoms with van der Waals surface area (Å²) in [5, 5.41) is 15.5. The largest absolute Gasteiger partial charge is 0.487 e. The van der Waals surface area contributed by atoms with Gasteiger partial charge in [-0.1, -0.05) is 19.1 Å². The summed E-state index contributed by atoms with van der Waals surface area (Å²) in [4.78, 5) is 14.2. The lowest BCUT2D eigenvalue weighted by atomic mass is 9.80. The second kappa shape index (κ2) is 8.28. The fourth-order valence-electron chi connectivity index (χ4n) is 6.45. The third-order valence-corrected chi connectivity index (χ3v) is 8.77. The van der Waals surface area contributed by atoms with Crippen molar-refractivity contribution < 1.29 is 14.6 Å². The van der Waals surface area contributed by atoms with Gasteiger partial charge in [0.2, 0.25) is 0 Å². The van der Waals surface area contributed by atoms with E-state index in [2.05, 4.69) is 53.3 Å². The highest BCUT2D eigenvalue weighted by atomic mass is 16.5. The molecule has 2 atom stereocenters. The zero-order valence-electron chi connectivity index (χ0n) is 21.0. The van der Waals surface area contributed by atoms with E-state index in [1.54, 1.807) is 0 Å². The minimum Gasteiger partial charge on any atom is -0.487 e. The van der Waals surface area contributed by atoms with E-state index in [1.807, 2.05) is 18.7 Å². The monoisotopic (exact) mass is 473 g/mol. The molecule has 0 radical (unpaired) electrons. The second-order valence-electron chi connectivity index (χ2n) is 11.0. The number of nitrogens with zero attached hydrogens (tertiary/aromatic N) is 3. The molecule has 0 bridgehead atoms. The Morgan fingerprint density at radius 3 is 2.63 bits per heavy atom. The van der Waals surface area contributed by atoms with Crippen LogP contribution < -0.4 is 9.64 Å². The van der Waals surface area contributed by atoms with Crippen molar-refractivity contribution in [3.63, 3.8) is 0 Å². The first kappa shape index (κ1) is 22.4. The van der Waals surface area contributed by atoms with Crippen LogP contribution in [0, 0.1) is 18.8 Å². The highest BCUT2D eigenvalue weighted by Crippen LogP contribution is 2.49. The third kappa shape index (κ3) is 3.97. The first-order valence-corrected chi connectivity index (χ1v) is 13.1. The molecule has 6 rings (SSSR count). The minimum atomic E-state index is -0.705. The lowest BCUT2D eigenvalue weighted by Gasteiger charge is -2.45. The van der Waals surface area contributed by atoms with Crippen LogP contribution in [-0.4, -0.2) is 39.5 Å². The Kier molecular flexibility index (Phi) is 5.31. The molecule has 3 heterocycles. The number of aryl methyl sites for hydroxylation is 3. The molecule has 1 saturated carbocycles. The Morgan fingerprint density at radius 2 is 1.91 bits per heavy atom. The van der Waals surface area contributed by atoms with Crippen molar-refractivity contribution in [1.29, 1.82) is 0 Å². The van der Waals surface area contributed by atoms with Gasteiger partial charge in [0.05, 0.1) is 17.1 Å². The summed E-state index contributed by atoms with van der Waals surface area (Å²) in [6.45, 7) is 5.86. The molecular formula is C29H35N3O3. The molecule has 1 N–H and O–H groups in total. The normalized spacial score (nSPS) is 20.9. The summed E-state index contributed by atoms with van der Waals surface area (Å²) in [5.41, 5.74) is 5.78. The SMILES string of the molecule is Cc1nn(C)c2cc(N3CCC4(CCc5ccc([C@H](C6CC6)[C@H](C)C(=O)O)cc5O4)CC3)ccc12. The number of carboxylic acids is 1. The molecular weight excluding hydrogens is 438 g/mol. The average Bonchev–Trinajstić information content (AvgIpc) is 3.64. The number of carboxylic acid groups (broad SMARTS) is 1. The van der Waals surface area contributed by atoms with Crippen LogP contribution in [0.2, 0.25) is 0 Å². The van der Waals surface area contributed by atoms with Gasteiger partial charge in [0, 0.05) is 44.1 Å². The predicted molar refractivity (Wildman–Crippen MR) is 137 cm³/mol. The standard InChI is InChI=1S/C29H35N3O3/c1-18(28(33)34)27(21-5-6-21)22-7-4-20-10-11-29(35-26(20)16-22)12-14-32(15-13-29)23-8-9-24-19(2)30-31(3)25(24)17-23/h4,7-9,16-18,21,27H,5-6,10-15H2,1-3H3,(H,33,34)/t18-,27-/m0/s1. The van der Waals surface area contributed by atoms with Crippen LogP contribution in [0.5, 0.6) is 5.75 Å². The number of aliphatic carboxylic acids is 1. The van der Waals surface area contributed by atoms with Crippen molar-refractivity contribution in [3.05, 3.63) is 53.2 Å². The molecule has 2 aromatic carbocycles. The average molecular weight is 474 g/mol. The van der Waals surface area contributed by atoms with Crippen LogP contribution in [0.3, 0.4) is 0 Å². The molecule has 2 aliphatic heterocycles. The van der Waals surface area contributed by atoms with Gasteiger partial charge in [-0.25, -0.2) is 0 Å². The van der Waals surface area contributed by atoms with Gasteiger partial charge < -0.3 is 14.7 Å². The van der Waals surface area contributed by atoms with Gasteiger partial charge in [0.1, 0.15) is 11.4 Å². The highest BCUT2D eigenvalue weighted by Gasteiger charge is 2.42. The molecule has 184 valence electrons. The van der Waals surface area contributed by atoms with Gasteiger partial charge in [-0.15, -0.1) is 0 Å². The van der Waals surface area contributed by atoms with Gasteiger partial charge >= 0.3 is 5.97 Å². The van der Waals surface area contributed by atoms with Crippen molar-refractivity contribution in [3.8, 4) is 5.75 Å². The van der Waals surface area contributed by atoms with Crippen LogP contribution >= 0.6 is 0 Å². The molecule has 6 nitrogen and oxygen atoms in total. The third-order valence-electron chi connectivity index (χ3n) is 8.77. The van der Waals surface area contributed by atoms with E-state index in [-0.39, 0.29) is 17.4 Å². The number of rotatable bonds is 5. The van der Waals surface area contributed by atoms with E-state index in [0.717, 1.165) is 68.6 Å². The van der Waals surface area contributed by atoms with Crippen LogP contribution in [-0.2, 0) is 18.3 Å². The molecule has 3 aromatic rings. The number of anilines is 1. The van der Waals surface area contributed by atoms with Crippen molar-refractivity contribution in [2.75, 3.05) is 18.0 Å². The summed E-state index contributed by atoms with van der Waals surface area (Å²) in [7, 11) is 2.01. The molecule has 1 saturated heterocycles. The summed E-state index contributed by atoms with van der Waals surface area (Å²) in [6, 6.07) is 13.2. The molecule has 2 fully saturated rings. The Hall–Kier alpha value is -3.02. The van der Waals surface area contributed by atoms with Gasteiger partial charge in [0.25, 0.3) is 0 Å². The molecule has 0 amide bonds. The highest BCUT2D eigenvalue weighted by molar-refractivity contribution is 5.85. The van der Waals surface area contributed by atoms with Crippen LogP contribution in [0.25, 0.3) is 10.9 Å². The Labute approximate surface area is 206 Å². The molecule has 6 heteroatoms. The summed E-state index contributed by atoms with van der Waals surface area (Å²) in [6.07, 6.45) is 6.32. The minimum absolute atomic E-state index is 0.0756. The Bertz CT molecular complexity index is 1280. The van der Waals surface area contributed by atoms with Crippen molar-refractivity contribution >= 4 is 22.6 Å². The van der Waals surface area contributed by atoms with E-state index >= 15 is 0 Å². The first-order chi connectivity index (χ1) is 16.8. The van der Waals surface area contributed by atoms with Crippen LogP contribution in [0.15, 0.2) is 36.4 Å². The smallest absolute Gasteiger partial charge is 0.306 e. The molecule has 1 spiro atoms. The second-order valence-corrected chi connectivity index (χ2v) is 11.0. The van der Waals surface area contributed by atoms with Gasteiger partial charge in [-0.2, -0.15) is 5.10 Å². The maximum atomic E-state index is 11.8. The van der Waals surface area contributed by atoms with E-state index in [1.165, 1.54) is 22.2 Å². The number of aromatic nitrogens is 2. The topological polar surface area (TPSA) is 67.6 Å². The molecule has 35 heavy (non-hydrogen) atoms. The number of hydrogen-bond acceptors (Lipinski definition) is 4. The molecule has 1 aromatic heterocycles. The van der Waals surface area contributed by atoms with Gasteiger partial charge in [-0.3, -0.25) is 9.48 Å². The van der Waals surface area contributed by atoms with Crippen molar-refractivity contribution in [2.45, 2.75) is 63.9 Å².